The Kier molecular flexibility index (Phi) is 6.11. The number of rotatable bonds is 5. The molecule has 1 N–H and O–H groups in total. The van der Waals surface area contributed by atoms with E-state index < -0.39 is 0 Å². The molecule has 0 saturated heterocycles. The number of benzene rings is 1. The molecule has 0 atom stereocenters. The number of aryl methyl sites for hydroxylation is 1. The van der Waals surface area contributed by atoms with Crippen LogP contribution in [0.5, 0.6) is 0 Å². The molecule has 0 fully saturated rings. The molecule has 1 aliphatic rings. The molecule has 7 nitrogen and oxygen atoms in total. The number of fused-ring (bicyclic) bond motifs is 1. The number of nitrogens with zero attached hydrogens (tertiary/aromatic N) is 3. The largest absolute Gasteiger partial charge is 0.466 e. The fourth-order valence-corrected chi connectivity index (χ4v) is 3.43. The lowest BCUT2D eigenvalue weighted by Crippen LogP contribution is -2.42. The van der Waals surface area contributed by atoms with Gasteiger partial charge in [0.1, 0.15) is 0 Å². The highest BCUT2D eigenvalue weighted by molar-refractivity contribution is 5.76. The lowest BCUT2D eigenvalue weighted by atomic mass is 10.0. The van der Waals surface area contributed by atoms with Crippen LogP contribution in [0.15, 0.2) is 30.3 Å². The van der Waals surface area contributed by atoms with E-state index in [4.69, 9.17) is 9.84 Å². The van der Waals surface area contributed by atoms with Crippen molar-refractivity contribution in [2.24, 2.45) is 7.05 Å². The summed E-state index contributed by atoms with van der Waals surface area (Å²) in [5.41, 5.74) is 4.49. The molecule has 1 aliphatic heterocycles. The Labute approximate surface area is 159 Å². The van der Waals surface area contributed by atoms with Crippen molar-refractivity contribution in [3.63, 3.8) is 0 Å². The van der Waals surface area contributed by atoms with Crippen molar-refractivity contribution in [1.82, 2.24) is 20.0 Å². The van der Waals surface area contributed by atoms with Crippen LogP contribution in [0, 0.1) is 0 Å². The number of hydrogen-bond donors (Lipinski definition) is 1. The summed E-state index contributed by atoms with van der Waals surface area (Å²) in [4.78, 5) is 25.6. The second-order valence-electron chi connectivity index (χ2n) is 6.54. The Hall–Kier alpha value is -2.83. The molecule has 0 saturated carbocycles. The van der Waals surface area contributed by atoms with Crippen LogP contribution < -0.4 is 5.32 Å². The molecule has 144 valence electrons. The standard InChI is InChI=1S/C20H26N4O3/c1-3-27-18(25)9-12-21-20(26)24-13-10-16-17(11-14-24)23(2)22-19(16)15-7-5-4-6-8-15/h4-8H,3,9-14H2,1-2H3,(H,21,26). The minimum Gasteiger partial charge on any atom is -0.466 e. The van der Waals surface area contributed by atoms with Crippen LogP contribution in [-0.2, 0) is 29.4 Å². The van der Waals surface area contributed by atoms with Gasteiger partial charge in [-0.25, -0.2) is 4.79 Å². The minimum absolute atomic E-state index is 0.138. The highest BCUT2D eigenvalue weighted by Crippen LogP contribution is 2.27. The molecule has 1 aromatic heterocycles. The topological polar surface area (TPSA) is 76.5 Å². The summed E-state index contributed by atoms with van der Waals surface area (Å²) < 4.78 is 6.81. The first-order valence-corrected chi connectivity index (χ1v) is 9.38. The molecule has 1 aromatic carbocycles. The fourth-order valence-electron chi connectivity index (χ4n) is 3.43. The second kappa shape index (κ2) is 8.70. The Morgan fingerprint density at radius 2 is 1.93 bits per heavy atom. The summed E-state index contributed by atoms with van der Waals surface area (Å²) in [5.74, 6) is -0.292. The SMILES string of the molecule is CCOC(=O)CCNC(=O)N1CCc2c(-c3ccccc3)nn(C)c2CC1. The normalized spacial score (nSPS) is 13.6. The van der Waals surface area contributed by atoms with Gasteiger partial charge in [-0.15, -0.1) is 0 Å². The number of esters is 1. The molecule has 2 heterocycles. The monoisotopic (exact) mass is 370 g/mol. The van der Waals surface area contributed by atoms with Gasteiger partial charge in [0.25, 0.3) is 0 Å². The van der Waals surface area contributed by atoms with Gasteiger partial charge in [0.05, 0.1) is 18.7 Å². The van der Waals surface area contributed by atoms with Gasteiger partial charge in [-0.2, -0.15) is 5.10 Å². The van der Waals surface area contributed by atoms with Gasteiger partial charge in [-0.05, 0) is 13.3 Å². The van der Waals surface area contributed by atoms with E-state index in [0.717, 1.165) is 24.1 Å². The highest BCUT2D eigenvalue weighted by Gasteiger charge is 2.24. The van der Waals surface area contributed by atoms with Crippen LogP contribution in [0.4, 0.5) is 4.79 Å². The molecule has 0 radical (unpaired) electrons. The molecule has 0 bridgehead atoms. The fraction of sp³-hybridized carbons (Fsp3) is 0.450. The summed E-state index contributed by atoms with van der Waals surface area (Å²) >= 11 is 0. The van der Waals surface area contributed by atoms with E-state index in [9.17, 15) is 9.59 Å². The third-order valence-electron chi connectivity index (χ3n) is 4.77. The predicted molar refractivity (Wildman–Crippen MR) is 102 cm³/mol. The zero-order chi connectivity index (χ0) is 19.2. The summed E-state index contributed by atoms with van der Waals surface area (Å²) in [7, 11) is 1.96. The minimum atomic E-state index is -0.292. The Morgan fingerprint density at radius 1 is 1.19 bits per heavy atom. The van der Waals surface area contributed by atoms with Gasteiger partial charge in [0.15, 0.2) is 0 Å². The molecule has 0 unspecified atom stereocenters. The number of carbonyl (C=O) groups is 2. The third-order valence-corrected chi connectivity index (χ3v) is 4.77. The summed E-state index contributed by atoms with van der Waals surface area (Å²) in [6.07, 6.45) is 1.71. The summed E-state index contributed by atoms with van der Waals surface area (Å²) in [5, 5.41) is 7.52. The van der Waals surface area contributed by atoms with E-state index in [0.29, 0.717) is 19.7 Å². The zero-order valence-corrected chi connectivity index (χ0v) is 15.9. The number of ether oxygens (including phenoxy) is 1. The molecule has 3 rings (SSSR count). The number of amides is 2. The Balaban J connectivity index is 1.63. The zero-order valence-electron chi connectivity index (χ0n) is 15.9. The van der Waals surface area contributed by atoms with Gasteiger partial charge in [-0.1, -0.05) is 30.3 Å². The van der Waals surface area contributed by atoms with Gasteiger partial charge in [-0.3, -0.25) is 9.48 Å². The van der Waals surface area contributed by atoms with Crippen molar-refractivity contribution in [3.8, 4) is 11.3 Å². The maximum absolute atomic E-state index is 12.4. The first kappa shape index (κ1) is 18.9. The molecule has 0 spiro atoms. The van der Waals surface area contributed by atoms with E-state index >= 15 is 0 Å². The average molecular weight is 370 g/mol. The van der Waals surface area contributed by atoms with Crippen LogP contribution in [0.25, 0.3) is 11.3 Å². The van der Waals surface area contributed by atoms with Crippen molar-refractivity contribution >= 4 is 12.0 Å². The van der Waals surface area contributed by atoms with Crippen molar-refractivity contribution < 1.29 is 14.3 Å². The first-order chi connectivity index (χ1) is 13.1. The smallest absolute Gasteiger partial charge is 0.317 e. The Morgan fingerprint density at radius 3 is 2.67 bits per heavy atom. The summed E-state index contributed by atoms with van der Waals surface area (Å²) in [6, 6.07) is 10.0. The molecule has 2 amide bonds. The Bertz CT molecular complexity index is 801. The average Bonchev–Trinajstić information content (AvgIpc) is 2.84. The van der Waals surface area contributed by atoms with E-state index in [2.05, 4.69) is 17.4 Å². The van der Waals surface area contributed by atoms with E-state index in [1.807, 2.05) is 29.9 Å². The van der Waals surface area contributed by atoms with E-state index in [1.165, 1.54) is 11.3 Å². The van der Waals surface area contributed by atoms with E-state index in [1.54, 1.807) is 11.8 Å². The lowest BCUT2D eigenvalue weighted by Gasteiger charge is -2.21. The maximum atomic E-state index is 12.4. The molecule has 0 aliphatic carbocycles. The van der Waals surface area contributed by atoms with E-state index in [-0.39, 0.29) is 25.0 Å². The van der Waals surface area contributed by atoms with Crippen LogP contribution in [0.3, 0.4) is 0 Å². The molecular formula is C20H26N4O3. The van der Waals surface area contributed by atoms with Gasteiger partial charge in [0, 0.05) is 49.9 Å². The second-order valence-corrected chi connectivity index (χ2v) is 6.54. The first-order valence-electron chi connectivity index (χ1n) is 9.38. The van der Waals surface area contributed by atoms with Gasteiger partial charge in [0.2, 0.25) is 0 Å². The van der Waals surface area contributed by atoms with Crippen molar-refractivity contribution in [3.05, 3.63) is 41.6 Å². The lowest BCUT2D eigenvalue weighted by molar-refractivity contribution is -0.142. The van der Waals surface area contributed by atoms with Crippen molar-refractivity contribution in [2.75, 3.05) is 26.2 Å². The number of nitrogens with one attached hydrogen (secondary N) is 1. The number of carbonyl (C=O) groups excluding carboxylic acids is 2. The third kappa shape index (κ3) is 4.48. The van der Waals surface area contributed by atoms with Crippen molar-refractivity contribution in [1.29, 1.82) is 0 Å². The van der Waals surface area contributed by atoms with Crippen LogP contribution in [-0.4, -0.2) is 52.9 Å². The number of urea groups is 1. The quantitative estimate of drug-likeness (QED) is 0.818. The molecule has 27 heavy (non-hydrogen) atoms. The number of hydrogen-bond acceptors (Lipinski definition) is 4. The maximum Gasteiger partial charge on any atom is 0.317 e. The number of aromatic nitrogens is 2. The van der Waals surface area contributed by atoms with Crippen LogP contribution in [0.2, 0.25) is 0 Å². The highest BCUT2D eigenvalue weighted by atomic mass is 16.5. The predicted octanol–water partition coefficient (Wildman–Crippen LogP) is 2.15. The van der Waals surface area contributed by atoms with Crippen LogP contribution in [0.1, 0.15) is 24.6 Å². The molecule has 2 aromatic rings. The molecular weight excluding hydrogens is 344 g/mol. The van der Waals surface area contributed by atoms with Crippen molar-refractivity contribution in [2.45, 2.75) is 26.2 Å². The molecule has 7 heteroatoms. The summed E-state index contributed by atoms with van der Waals surface area (Å²) in [6.45, 7) is 3.67. The van der Waals surface area contributed by atoms with Gasteiger partial charge >= 0.3 is 12.0 Å². The van der Waals surface area contributed by atoms with Gasteiger partial charge < -0.3 is 15.0 Å². The van der Waals surface area contributed by atoms with Crippen LogP contribution >= 0.6 is 0 Å².